The largest absolute Gasteiger partial charge is 0.469 e. The van der Waals surface area contributed by atoms with Gasteiger partial charge in [0.05, 0.1) is 18.9 Å². The van der Waals surface area contributed by atoms with Crippen LogP contribution in [0.15, 0.2) is 27.8 Å². The number of methoxy groups -OCH3 is 1. The molecule has 1 heterocycles. The number of aliphatic imine (C=N–C) groups is 1. The van der Waals surface area contributed by atoms with Crippen LogP contribution in [-0.2, 0) is 15.9 Å². The monoisotopic (exact) mass is 337 g/mol. The summed E-state index contributed by atoms with van der Waals surface area (Å²) in [5.74, 6) is 2.53. The maximum Gasteiger partial charge on any atom is 0.191 e. The molecule has 6 nitrogen and oxygen atoms in total. The van der Waals surface area contributed by atoms with E-state index in [0.717, 1.165) is 50.9 Å². The van der Waals surface area contributed by atoms with Crippen LogP contribution >= 0.6 is 0 Å². The van der Waals surface area contributed by atoms with Crippen molar-refractivity contribution < 1.29 is 13.9 Å². The Morgan fingerprint density at radius 1 is 1.46 bits per heavy atom. The Bertz CT molecular complexity index is 458. The summed E-state index contributed by atoms with van der Waals surface area (Å²) in [5, 5.41) is 6.93. The molecule has 0 aromatic carbocycles. The first-order valence-corrected chi connectivity index (χ1v) is 8.97. The van der Waals surface area contributed by atoms with Crippen LogP contribution in [0.2, 0.25) is 0 Å². The van der Waals surface area contributed by atoms with E-state index in [1.807, 2.05) is 19.1 Å². The highest BCUT2D eigenvalue weighted by Gasteiger charge is 2.31. The lowest BCUT2D eigenvalue weighted by Crippen LogP contribution is -2.47. The van der Waals surface area contributed by atoms with Gasteiger partial charge in [0.1, 0.15) is 5.76 Å². The maximum absolute atomic E-state index is 5.37. The normalized spacial score (nSPS) is 16.2. The summed E-state index contributed by atoms with van der Waals surface area (Å²) in [7, 11) is 1.75. The van der Waals surface area contributed by atoms with Gasteiger partial charge in [0.15, 0.2) is 5.96 Å². The first-order chi connectivity index (χ1) is 11.8. The van der Waals surface area contributed by atoms with Crippen molar-refractivity contribution in [2.24, 2.45) is 10.9 Å². The average Bonchev–Trinajstić information content (AvgIpc) is 3.30. The van der Waals surface area contributed by atoms with Crippen LogP contribution in [0.1, 0.15) is 31.9 Å². The predicted molar refractivity (Wildman–Crippen MR) is 95.4 cm³/mol. The fourth-order valence-electron chi connectivity index (χ4n) is 2.56. The summed E-state index contributed by atoms with van der Waals surface area (Å²) in [6, 6.07) is 4.24. The Hall–Kier alpha value is -1.53. The van der Waals surface area contributed by atoms with E-state index in [-0.39, 0.29) is 0 Å². The number of furan rings is 1. The fourth-order valence-corrected chi connectivity index (χ4v) is 2.56. The predicted octanol–water partition coefficient (Wildman–Crippen LogP) is 2.21. The zero-order chi connectivity index (χ0) is 17.0. The van der Waals surface area contributed by atoms with E-state index in [1.54, 1.807) is 13.4 Å². The van der Waals surface area contributed by atoms with Crippen molar-refractivity contribution in [2.75, 3.05) is 40.0 Å². The molecule has 24 heavy (non-hydrogen) atoms. The summed E-state index contributed by atoms with van der Waals surface area (Å²) in [6.45, 7) is 5.77. The highest BCUT2D eigenvalue weighted by atomic mass is 16.5. The van der Waals surface area contributed by atoms with Gasteiger partial charge in [-0.05, 0) is 44.2 Å². The smallest absolute Gasteiger partial charge is 0.191 e. The number of hydrogen-bond donors (Lipinski definition) is 2. The van der Waals surface area contributed by atoms with Crippen LogP contribution in [0.5, 0.6) is 0 Å². The molecule has 1 aliphatic rings. The van der Waals surface area contributed by atoms with Crippen molar-refractivity contribution in [1.82, 2.24) is 10.6 Å². The van der Waals surface area contributed by atoms with Gasteiger partial charge in [-0.1, -0.05) is 0 Å². The Morgan fingerprint density at radius 2 is 2.33 bits per heavy atom. The minimum atomic E-state index is 0.330. The van der Waals surface area contributed by atoms with Gasteiger partial charge in [0, 0.05) is 39.8 Å². The number of hydrogen-bond acceptors (Lipinski definition) is 4. The second kappa shape index (κ2) is 11.1. The zero-order valence-corrected chi connectivity index (χ0v) is 14.9. The van der Waals surface area contributed by atoms with Crippen molar-refractivity contribution in [3.8, 4) is 0 Å². The first kappa shape index (κ1) is 18.8. The van der Waals surface area contributed by atoms with Gasteiger partial charge >= 0.3 is 0 Å². The molecule has 1 atom stereocenters. The third-order valence-electron chi connectivity index (χ3n) is 4.02. The van der Waals surface area contributed by atoms with Crippen molar-refractivity contribution in [2.45, 2.75) is 38.6 Å². The molecule has 0 saturated heterocycles. The van der Waals surface area contributed by atoms with Gasteiger partial charge in [0.25, 0.3) is 0 Å². The number of nitrogens with zero attached hydrogens (tertiary/aromatic N) is 1. The second-order valence-electron chi connectivity index (χ2n) is 6.08. The van der Waals surface area contributed by atoms with Crippen LogP contribution in [0.25, 0.3) is 0 Å². The van der Waals surface area contributed by atoms with E-state index in [4.69, 9.17) is 13.9 Å². The summed E-state index contributed by atoms with van der Waals surface area (Å²) in [4.78, 5) is 4.67. The second-order valence-corrected chi connectivity index (χ2v) is 6.08. The third kappa shape index (κ3) is 7.36. The van der Waals surface area contributed by atoms with Crippen molar-refractivity contribution >= 4 is 5.96 Å². The molecule has 0 spiro atoms. The van der Waals surface area contributed by atoms with Gasteiger partial charge in [-0.25, -0.2) is 0 Å². The van der Waals surface area contributed by atoms with E-state index in [2.05, 4.69) is 15.6 Å². The standard InChI is InChI=1S/C18H31N3O3/c1-3-23-12-5-10-19-18(20-11-9-16-6-4-13-24-16)21-17(14-22-2)15-7-8-15/h4,6,13,15,17H,3,5,7-12,14H2,1-2H3,(H2,19,20,21). The molecule has 1 unspecified atom stereocenters. The molecule has 0 bridgehead atoms. The fraction of sp³-hybridized carbons (Fsp3) is 0.722. The van der Waals surface area contributed by atoms with Gasteiger partial charge in [-0.2, -0.15) is 0 Å². The van der Waals surface area contributed by atoms with Crippen molar-refractivity contribution in [3.05, 3.63) is 24.2 Å². The molecule has 0 amide bonds. The highest BCUT2D eigenvalue weighted by molar-refractivity contribution is 5.80. The average molecular weight is 337 g/mol. The van der Waals surface area contributed by atoms with Crippen LogP contribution in [-0.4, -0.2) is 52.0 Å². The van der Waals surface area contributed by atoms with E-state index in [9.17, 15) is 0 Å². The van der Waals surface area contributed by atoms with Crippen LogP contribution in [0.3, 0.4) is 0 Å². The lowest BCUT2D eigenvalue weighted by molar-refractivity contribution is 0.146. The van der Waals surface area contributed by atoms with Gasteiger partial charge in [0.2, 0.25) is 0 Å². The van der Waals surface area contributed by atoms with Gasteiger partial charge < -0.3 is 24.5 Å². The van der Waals surface area contributed by atoms with Gasteiger partial charge in [-0.15, -0.1) is 0 Å². The van der Waals surface area contributed by atoms with E-state index >= 15 is 0 Å². The molecule has 136 valence electrons. The minimum Gasteiger partial charge on any atom is -0.469 e. The summed E-state index contributed by atoms with van der Waals surface area (Å²) < 4.78 is 16.1. The molecule has 1 aromatic rings. The third-order valence-corrected chi connectivity index (χ3v) is 4.02. The van der Waals surface area contributed by atoms with Crippen LogP contribution < -0.4 is 10.6 Å². The Labute approximate surface area is 145 Å². The first-order valence-electron chi connectivity index (χ1n) is 8.97. The summed E-state index contributed by atoms with van der Waals surface area (Å²) in [5.41, 5.74) is 0. The Balaban J connectivity index is 1.80. The molecule has 1 aromatic heterocycles. The quantitative estimate of drug-likeness (QED) is 0.348. The maximum atomic E-state index is 5.37. The lowest BCUT2D eigenvalue weighted by atomic mass is 10.2. The van der Waals surface area contributed by atoms with E-state index in [0.29, 0.717) is 18.6 Å². The lowest BCUT2D eigenvalue weighted by Gasteiger charge is -2.21. The molecule has 2 N–H and O–H groups in total. The minimum absolute atomic E-state index is 0.330. The molecular weight excluding hydrogens is 306 g/mol. The number of nitrogens with one attached hydrogen (secondary N) is 2. The number of guanidine groups is 1. The zero-order valence-electron chi connectivity index (χ0n) is 14.9. The molecule has 1 aliphatic carbocycles. The summed E-state index contributed by atoms with van der Waals surface area (Å²) >= 11 is 0. The SMILES string of the molecule is CCOCCCN=C(NCCc1ccco1)NC(COC)C1CC1. The molecule has 0 aliphatic heterocycles. The molecule has 0 radical (unpaired) electrons. The van der Waals surface area contributed by atoms with Gasteiger partial charge in [-0.3, -0.25) is 4.99 Å². The molecule has 2 rings (SSSR count). The van der Waals surface area contributed by atoms with Crippen molar-refractivity contribution in [3.63, 3.8) is 0 Å². The van der Waals surface area contributed by atoms with Crippen LogP contribution in [0, 0.1) is 5.92 Å². The molecule has 1 fully saturated rings. The number of rotatable bonds is 12. The van der Waals surface area contributed by atoms with Crippen molar-refractivity contribution in [1.29, 1.82) is 0 Å². The van der Waals surface area contributed by atoms with Crippen LogP contribution in [0.4, 0.5) is 0 Å². The number of ether oxygens (including phenoxy) is 2. The topological polar surface area (TPSA) is 68.0 Å². The van der Waals surface area contributed by atoms with E-state index < -0.39 is 0 Å². The molecular formula is C18H31N3O3. The Kier molecular flexibility index (Phi) is 8.70. The molecule has 1 saturated carbocycles. The Morgan fingerprint density at radius 3 is 3.00 bits per heavy atom. The van der Waals surface area contributed by atoms with E-state index in [1.165, 1.54) is 12.8 Å². The highest BCUT2D eigenvalue weighted by Crippen LogP contribution is 2.32. The summed E-state index contributed by atoms with van der Waals surface area (Å²) in [6.07, 6.45) is 6.01. The molecule has 6 heteroatoms.